The van der Waals surface area contributed by atoms with E-state index in [2.05, 4.69) is 24.3 Å². The van der Waals surface area contributed by atoms with Crippen LogP contribution in [-0.4, -0.2) is 15.0 Å². The molecule has 0 atom stereocenters. The molecule has 4 aromatic carbocycles. The summed E-state index contributed by atoms with van der Waals surface area (Å²) in [4.78, 5) is 14.4. The van der Waals surface area contributed by atoms with E-state index in [1.807, 2.05) is 51.1 Å². The lowest BCUT2D eigenvalue weighted by Crippen LogP contribution is -2.18. The van der Waals surface area contributed by atoms with Crippen LogP contribution in [0.25, 0.3) is 44.7 Å². The fraction of sp³-hybridized carbons (Fsp3) is 0.138. The summed E-state index contributed by atoms with van der Waals surface area (Å²) >= 11 is 0. The van der Waals surface area contributed by atoms with Crippen LogP contribution in [0.3, 0.4) is 0 Å². The zero-order valence-corrected chi connectivity index (χ0v) is 18.3. The Kier molecular flexibility index (Phi) is 3.97. The second-order valence-corrected chi connectivity index (χ2v) is 8.76. The van der Waals surface area contributed by atoms with Gasteiger partial charge in [-0.15, -0.1) is 0 Å². The number of hydrogen-bond donors (Lipinski definition) is 0. The number of nitrogens with zero attached hydrogens (tertiary/aromatic N) is 3. The maximum Gasteiger partial charge on any atom is 0.163 e. The van der Waals surface area contributed by atoms with Gasteiger partial charge in [0.2, 0.25) is 0 Å². The van der Waals surface area contributed by atoms with E-state index in [-0.39, 0.29) is 29.6 Å². The van der Waals surface area contributed by atoms with E-state index in [1.165, 1.54) is 0 Å². The Morgan fingerprint density at radius 3 is 1.94 bits per heavy atom. The quantitative estimate of drug-likeness (QED) is 0.307. The van der Waals surface area contributed by atoms with Gasteiger partial charge in [-0.3, -0.25) is 0 Å². The average molecular weight is 420 g/mol. The maximum absolute atomic E-state index is 8.36. The van der Waals surface area contributed by atoms with Crippen LogP contribution in [0.5, 0.6) is 0 Å². The van der Waals surface area contributed by atoms with E-state index in [0.29, 0.717) is 33.8 Å². The molecule has 0 radical (unpaired) electrons. The van der Waals surface area contributed by atoms with Gasteiger partial charge in [0.25, 0.3) is 0 Å². The van der Waals surface area contributed by atoms with Crippen LogP contribution in [0.4, 0.5) is 0 Å². The van der Waals surface area contributed by atoms with Crippen molar-refractivity contribution in [1.29, 1.82) is 0 Å². The van der Waals surface area contributed by atoms with Gasteiger partial charge < -0.3 is 0 Å². The predicted octanol–water partition coefficient (Wildman–Crippen LogP) is 7.32. The van der Waals surface area contributed by atoms with E-state index in [1.54, 1.807) is 18.2 Å². The zero-order valence-electron chi connectivity index (χ0n) is 22.3. The molecule has 3 nitrogen and oxygen atoms in total. The van der Waals surface area contributed by atoms with Gasteiger partial charge in [-0.05, 0) is 34.0 Å². The minimum atomic E-state index is -0.330. The molecular weight excluding hydrogens is 390 g/mol. The summed E-state index contributed by atoms with van der Waals surface area (Å²) in [5.41, 5.74) is 3.38. The highest BCUT2D eigenvalue weighted by molar-refractivity contribution is 5.86. The second-order valence-electron chi connectivity index (χ2n) is 8.76. The first-order chi connectivity index (χ1) is 17.1. The molecule has 32 heavy (non-hydrogen) atoms. The number of aromatic nitrogens is 3. The number of hydrogen-bond acceptors (Lipinski definition) is 3. The molecule has 0 unspecified atom stereocenters. The molecule has 0 amide bonds. The summed E-state index contributed by atoms with van der Waals surface area (Å²) in [7, 11) is 0. The van der Waals surface area contributed by atoms with Crippen molar-refractivity contribution in [2.45, 2.75) is 26.2 Å². The maximum atomic E-state index is 8.36. The summed E-state index contributed by atoms with van der Waals surface area (Å²) < 4.78 is 32.6. The molecule has 0 saturated heterocycles. The van der Waals surface area contributed by atoms with Crippen LogP contribution in [-0.2, 0) is 5.41 Å². The van der Waals surface area contributed by atoms with Crippen molar-refractivity contribution in [3.05, 3.63) is 103 Å². The van der Waals surface area contributed by atoms with Crippen LogP contribution in [0, 0.1) is 0 Å². The number of rotatable bonds is 3. The first kappa shape index (κ1) is 15.9. The Morgan fingerprint density at radius 1 is 0.594 bits per heavy atom. The van der Waals surface area contributed by atoms with E-state index in [0.717, 1.165) is 16.7 Å². The molecular formula is C29H25N3. The molecule has 0 saturated carbocycles. The minimum absolute atomic E-state index is 0.0537. The Labute approximate surface area is 194 Å². The van der Waals surface area contributed by atoms with E-state index in [4.69, 9.17) is 20.4 Å². The van der Waals surface area contributed by atoms with Gasteiger partial charge in [0, 0.05) is 16.5 Å². The van der Waals surface area contributed by atoms with Crippen molar-refractivity contribution in [2.24, 2.45) is 0 Å². The molecule has 0 fully saturated rings. The molecule has 0 aliphatic heterocycles. The molecule has 1 heterocycles. The van der Waals surface area contributed by atoms with Gasteiger partial charge >= 0.3 is 0 Å². The van der Waals surface area contributed by atoms with E-state index in [9.17, 15) is 0 Å². The normalized spacial score (nSPS) is 13.3. The lowest BCUT2D eigenvalue weighted by atomic mass is 9.95. The standard InChI is InChI=1S/C29H25N3/c1-29(2,3)28-31-26(24-15-9-14-23(18-24)20-10-5-4-6-11-20)30-27(32-28)25-17-16-21-12-7-8-13-22(21)19-25/h4-19H,1-3H3/i7D,8D,12D,13D. The summed E-state index contributed by atoms with van der Waals surface area (Å²) in [5, 5.41) is 0.898. The highest BCUT2D eigenvalue weighted by atomic mass is 15.0. The molecule has 156 valence electrons. The van der Waals surface area contributed by atoms with Crippen molar-refractivity contribution < 1.29 is 5.48 Å². The Balaban J connectivity index is 1.70. The van der Waals surface area contributed by atoms with Crippen molar-refractivity contribution in [3.8, 4) is 33.9 Å². The molecule has 0 aliphatic carbocycles. The van der Waals surface area contributed by atoms with Crippen molar-refractivity contribution in [3.63, 3.8) is 0 Å². The monoisotopic (exact) mass is 419 g/mol. The number of fused-ring (bicyclic) bond motifs is 1. The molecule has 5 aromatic rings. The summed E-state index contributed by atoms with van der Waals surface area (Å²) in [6.45, 7) is 6.15. The van der Waals surface area contributed by atoms with Crippen LogP contribution in [0.2, 0.25) is 0 Å². The Bertz CT molecular complexity index is 1610. The highest BCUT2D eigenvalue weighted by Gasteiger charge is 2.21. The Morgan fingerprint density at radius 2 is 1.22 bits per heavy atom. The summed E-state index contributed by atoms with van der Waals surface area (Å²) in [6.07, 6.45) is 0. The molecule has 0 bridgehead atoms. The fourth-order valence-corrected chi connectivity index (χ4v) is 3.53. The summed E-state index contributed by atoms with van der Waals surface area (Å²) in [5.74, 6) is 1.66. The lowest BCUT2D eigenvalue weighted by Gasteiger charge is -2.18. The zero-order chi connectivity index (χ0) is 25.6. The van der Waals surface area contributed by atoms with Gasteiger partial charge in [0.05, 0.1) is 5.48 Å². The highest BCUT2D eigenvalue weighted by Crippen LogP contribution is 2.29. The Hall–Kier alpha value is -3.85. The molecule has 1 aromatic heterocycles. The predicted molar refractivity (Wildman–Crippen MR) is 132 cm³/mol. The first-order valence-electron chi connectivity index (χ1n) is 12.6. The van der Waals surface area contributed by atoms with Crippen molar-refractivity contribution >= 4 is 10.8 Å². The molecule has 0 spiro atoms. The molecule has 3 heteroatoms. The van der Waals surface area contributed by atoms with Gasteiger partial charge in [0.15, 0.2) is 11.6 Å². The average Bonchev–Trinajstić information content (AvgIpc) is 2.90. The smallest absolute Gasteiger partial charge is 0.163 e. The molecule has 0 aliphatic rings. The van der Waals surface area contributed by atoms with Crippen LogP contribution < -0.4 is 0 Å². The van der Waals surface area contributed by atoms with Crippen molar-refractivity contribution in [1.82, 2.24) is 15.0 Å². The second kappa shape index (κ2) is 8.01. The van der Waals surface area contributed by atoms with Crippen LogP contribution in [0.1, 0.15) is 32.1 Å². The van der Waals surface area contributed by atoms with Crippen LogP contribution in [0.15, 0.2) is 97.0 Å². The van der Waals surface area contributed by atoms with E-state index >= 15 is 0 Å². The minimum Gasteiger partial charge on any atom is -0.212 e. The molecule has 5 rings (SSSR count). The third-order valence-electron chi connectivity index (χ3n) is 5.27. The van der Waals surface area contributed by atoms with Gasteiger partial charge in [-0.1, -0.05) is 106 Å². The third kappa shape index (κ3) is 4.02. The van der Waals surface area contributed by atoms with Crippen molar-refractivity contribution in [2.75, 3.05) is 0 Å². The number of benzene rings is 4. The van der Waals surface area contributed by atoms with Gasteiger partial charge in [-0.25, -0.2) is 15.0 Å². The van der Waals surface area contributed by atoms with Crippen LogP contribution >= 0.6 is 0 Å². The largest absolute Gasteiger partial charge is 0.212 e. The first-order valence-corrected chi connectivity index (χ1v) is 10.6. The lowest BCUT2D eigenvalue weighted by molar-refractivity contribution is 0.543. The topological polar surface area (TPSA) is 38.7 Å². The summed E-state index contributed by atoms with van der Waals surface area (Å²) in [6, 6.07) is 22.9. The van der Waals surface area contributed by atoms with Gasteiger partial charge in [0.1, 0.15) is 5.82 Å². The van der Waals surface area contributed by atoms with E-state index < -0.39 is 0 Å². The fourth-order valence-electron chi connectivity index (χ4n) is 3.53. The molecule has 0 N–H and O–H groups in total. The SMILES string of the molecule is [2H]c1c([2H])c([2H])c2cc(-c3nc(-c4cccc(-c5ccccc5)c4)nc(C(C)(C)C)n3)ccc2c1[2H]. The van der Waals surface area contributed by atoms with Gasteiger partial charge in [-0.2, -0.15) is 0 Å². The third-order valence-corrected chi connectivity index (χ3v) is 5.27.